The van der Waals surface area contributed by atoms with Gasteiger partial charge in [0.15, 0.2) is 6.10 Å². The van der Waals surface area contributed by atoms with Crippen molar-refractivity contribution in [2.75, 3.05) is 13.2 Å². The number of carbonyl (C=O) groups is 3. The van der Waals surface area contributed by atoms with Crippen LogP contribution < -0.4 is 0 Å². The summed E-state index contributed by atoms with van der Waals surface area (Å²) in [6.45, 7) is 6.40. The molecule has 0 saturated heterocycles. The minimum atomic E-state index is -0.770. The van der Waals surface area contributed by atoms with Crippen molar-refractivity contribution in [3.63, 3.8) is 0 Å². The highest BCUT2D eigenvalue weighted by Gasteiger charge is 2.19. The molecule has 0 fully saturated rings. The number of rotatable bonds is 37. The Morgan fingerprint density at radius 3 is 1.10 bits per heavy atom. The van der Waals surface area contributed by atoms with E-state index < -0.39 is 6.10 Å². The van der Waals surface area contributed by atoms with E-state index in [9.17, 15) is 14.4 Å². The number of hydrogen-bond donors (Lipinski definition) is 0. The number of ether oxygens (including phenoxy) is 3. The van der Waals surface area contributed by atoms with Crippen LogP contribution in [0.25, 0.3) is 0 Å². The summed E-state index contributed by atoms with van der Waals surface area (Å²) in [5.74, 6) is -0.901. The SMILES string of the molecule is CCC=CCCCCCCCC(=O)OCC(COC(=O)CCCCCCCCCCCCCCC)OC(=O)CCCCCCCC=CCC. The van der Waals surface area contributed by atoms with Crippen LogP contribution in [0.2, 0.25) is 0 Å². The van der Waals surface area contributed by atoms with Crippen LogP contribution in [0.5, 0.6) is 0 Å². The molecule has 0 aromatic heterocycles. The van der Waals surface area contributed by atoms with Gasteiger partial charge in [-0.1, -0.05) is 161 Å². The Bertz CT molecular complexity index is 804. The molecule has 0 amide bonds. The van der Waals surface area contributed by atoms with Gasteiger partial charge >= 0.3 is 17.9 Å². The first-order valence-electron chi connectivity index (χ1n) is 20.8. The maximum Gasteiger partial charge on any atom is 0.306 e. The lowest BCUT2D eigenvalue weighted by Crippen LogP contribution is -2.30. The number of esters is 3. The average Bonchev–Trinajstić information content (AvgIpc) is 3.10. The summed E-state index contributed by atoms with van der Waals surface area (Å²) in [6.07, 6.45) is 40.3. The van der Waals surface area contributed by atoms with Gasteiger partial charge in [-0.15, -0.1) is 0 Å². The second-order valence-corrected chi connectivity index (χ2v) is 13.8. The third kappa shape index (κ3) is 37.0. The zero-order chi connectivity index (χ0) is 35.9. The highest BCUT2D eigenvalue weighted by Crippen LogP contribution is 2.14. The fraction of sp³-hybridized carbons (Fsp3) is 0.837. The Hall–Kier alpha value is -2.11. The molecule has 1 unspecified atom stereocenters. The van der Waals surface area contributed by atoms with E-state index in [0.717, 1.165) is 89.9 Å². The third-order valence-corrected chi connectivity index (χ3v) is 8.95. The zero-order valence-corrected chi connectivity index (χ0v) is 32.5. The largest absolute Gasteiger partial charge is 0.462 e. The molecule has 0 spiro atoms. The first kappa shape index (κ1) is 46.9. The molecule has 0 rings (SSSR count). The van der Waals surface area contributed by atoms with Crippen LogP contribution in [-0.2, 0) is 28.6 Å². The van der Waals surface area contributed by atoms with Gasteiger partial charge in [0.2, 0.25) is 0 Å². The molecule has 0 aliphatic rings. The summed E-state index contributed by atoms with van der Waals surface area (Å²) < 4.78 is 16.6. The summed E-state index contributed by atoms with van der Waals surface area (Å²) in [7, 11) is 0. The minimum Gasteiger partial charge on any atom is -0.462 e. The second kappa shape index (κ2) is 38.7. The molecular formula is C43H78O6. The van der Waals surface area contributed by atoms with E-state index in [1.165, 1.54) is 83.5 Å². The monoisotopic (exact) mass is 691 g/mol. The Morgan fingerprint density at radius 1 is 0.408 bits per heavy atom. The van der Waals surface area contributed by atoms with Crippen LogP contribution in [0, 0.1) is 0 Å². The summed E-state index contributed by atoms with van der Waals surface area (Å²) in [5, 5.41) is 0. The zero-order valence-electron chi connectivity index (χ0n) is 32.5. The molecule has 6 heteroatoms. The van der Waals surface area contributed by atoms with Crippen molar-refractivity contribution in [1.29, 1.82) is 0 Å². The van der Waals surface area contributed by atoms with E-state index in [-0.39, 0.29) is 31.1 Å². The van der Waals surface area contributed by atoms with Gasteiger partial charge in [0.05, 0.1) is 0 Å². The van der Waals surface area contributed by atoms with Crippen molar-refractivity contribution < 1.29 is 28.6 Å². The van der Waals surface area contributed by atoms with Crippen LogP contribution in [0.1, 0.15) is 213 Å². The first-order valence-corrected chi connectivity index (χ1v) is 20.8. The van der Waals surface area contributed by atoms with Crippen molar-refractivity contribution >= 4 is 17.9 Å². The van der Waals surface area contributed by atoms with Crippen LogP contribution in [0.4, 0.5) is 0 Å². The van der Waals surface area contributed by atoms with Crippen LogP contribution in [0.15, 0.2) is 24.3 Å². The van der Waals surface area contributed by atoms with E-state index in [1.807, 2.05) is 0 Å². The summed E-state index contributed by atoms with van der Waals surface area (Å²) in [5.41, 5.74) is 0. The number of allylic oxidation sites excluding steroid dienone is 4. The van der Waals surface area contributed by atoms with Crippen molar-refractivity contribution in [3.8, 4) is 0 Å². The lowest BCUT2D eigenvalue weighted by molar-refractivity contribution is -0.167. The maximum absolute atomic E-state index is 12.6. The van der Waals surface area contributed by atoms with E-state index in [4.69, 9.17) is 14.2 Å². The smallest absolute Gasteiger partial charge is 0.306 e. The number of carbonyl (C=O) groups excluding carboxylic acids is 3. The van der Waals surface area contributed by atoms with Gasteiger partial charge in [-0.05, 0) is 57.8 Å². The Kier molecular flexibility index (Phi) is 37.0. The van der Waals surface area contributed by atoms with Crippen LogP contribution in [0.3, 0.4) is 0 Å². The van der Waals surface area contributed by atoms with Gasteiger partial charge < -0.3 is 14.2 Å². The lowest BCUT2D eigenvalue weighted by atomic mass is 10.0. The van der Waals surface area contributed by atoms with E-state index in [2.05, 4.69) is 45.1 Å². The molecule has 0 aromatic carbocycles. The Labute approximate surface area is 303 Å². The van der Waals surface area contributed by atoms with Crippen molar-refractivity contribution in [2.24, 2.45) is 0 Å². The molecule has 0 bridgehead atoms. The molecule has 0 radical (unpaired) electrons. The predicted molar refractivity (Wildman–Crippen MR) is 206 cm³/mol. The number of hydrogen-bond acceptors (Lipinski definition) is 6. The third-order valence-electron chi connectivity index (χ3n) is 8.95. The topological polar surface area (TPSA) is 78.9 Å². The summed E-state index contributed by atoms with van der Waals surface area (Å²) in [4.78, 5) is 37.4. The molecular weight excluding hydrogens is 612 g/mol. The van der Waals surface area contributed by atoms with Gasteiger partial charge in [0.1, 0.15) is 13.2 Å². The molecule has 0 heterocycles. The van der Waals surface area contributed by atoms with Crippen molar-refractivity contribution in [1.82, 2.24) is 0 Å². The van der Waals surface area contributed by atoms with E-state index in [0.29, 0.717) is 19.3 Å². The van der Waals surface area contributed by atoms with Gasteiger partial charge in [-0.2, -0.15) is 0 Å². The fourth-order valence-electron chi connectivity index (χ4n) is 5.86. The normalized spacial score (nSPS) is 12.1. The lowest BCUT2D eigenvalue weighted by Gasteiger charge is -2.18. The molecule has 0 aliphatic carbocycles. The van der Waals surface area contributed by atoms with E-state index >= 15 is 0 Å². The van der Waals surface area contributed by atoms with Gasteiger partial charge in [-0.3, -0.25) is 14.4 Å². The molecule has 6 nitrogen and oxygen atoms in total. The highest BCUT2D eigenvalue weighted by atomic mass is 16.6. The average molecular weight is 691 g/mol. The van der Waals surface area contributed by atoms with Gasteiger partial charge in [0.25, 0.3) is 0 Å². The summed E-state index contributed by atoms with van der Waals surface area (Å²) in [6, 6.07) is 0. The minimum absolute atomic E-state index is 0.0753. The molecule has 0 aliphatic heterocycles. The summed E-state index contributed by atoms with van der Waals surface area (Å²) >= 11 is 0. The molecule has 1 atom stereocenters. The standard InChI is InChI=1S/C43H78O6/c1-4-7-10-13-16-19-20-21-22-25-27-30-33-36-42(45)48-39-40(49-43(46)37-34-31-28-24-18-15-12-9-6-3)38-47-41(44)35-32-29-26-23-17-14-11-8-5-2/h8-9,11-12,40H,4-7,10,13-39H2,1-3H3. The van der Waals surface area contributed by atoms with Crippen LogP contribution in [-0.4, -0.2) is 37.2 Å². The molecule has 0 saturated carbocycles. The fourth-order valence-corrected chi connectivity index (χ4v) is 5.86. The van der Waals surface area contributed by atoms with E-state index in [1.54, 1.807) is 0 Å². The number of unbranched alkanes of at least 4 members (excludes halogenated alkanes) is 22. The van der Waals surface area contributed by atoms with Gasteiger partial charge in [-0.25, -0.2) is 0 Å². The predicted octanol–water partition coefficient (Wildman–Crippen LogP) is 12.9. The van der Waals surface area contributed by atoms with Crippen molar-refractivity contribution in [2.45, 2.75) is 219 Å². The Balaban J connectivity index is 4.33. The maximum atomic E-state index is 12.6. The molecule has 286 valence electrons. The second-order valence-electron chi connectivity index (χ2n) is 13.8. The van der Waals surface area contributed by atoms with Crippen LogP contribution >= 0.6 is 0 Å². The van der Waals surface area contributed by atoms with Gasteiger partial charge in [0, 0.05) is 19.3 Å². The highest BCUT2D eigenvalue weighted by molar-refractivity contribution is 5.71. The van der Waals surface area contributed by atoms with Crippen molar-refractivity contribution in [3.05, 3.63) is 24.3 Å². The molecule has 0 aromatic rings. The molecule has 0 N–H and O–H groups in total. The Morgan fingerprint density at radius 2 is 0.735 bits per heavy atom. The first-order chi connectivity index (χ1) is 24.0. The quantitative estimate of drug-likeness (QED) is 0.0279. The molecule has 49 heavy (non-hydrogen) atoms.